The highest BCUT2D eigenvalue weighted by Crippen LogP contribution is 2.66. The van der Waals surface area contributed by atoms with Crippen molar-refractivity contribution >= 4 is 0 Å². The van der Waals surface area contributed by atoms with E-state index in [0.717, 1.165) is 29.7 Å². The molecule has 3 fully saturated rings. The quantitative estimate of drug-likeness (QED) is 0.607. The van der Waals surface area contributed by atoms with Crippen molar-refractivity contribution in [3.05, 3.63) is 12.2 Å². The minimum Gasteiger partial charge on any atom is -0.306 e. The Labute approximate surface area is 137 Å². The van der Waals surface area contributed by atoms with Crippen LogP contribution in [0.25, 0.3) is 0 Å². The molecule has 0 spiro atoms. The van der Waals surface area contributed by atoms with Crippen LogP contribution >= 0.6 is 0 Å². The Kier molecular flexibility index (Phi) is 3.53. The Balaban J connectivity index is 1.64. The summed E-state index contributed by atoms with van der Waals surface area (Å²) in [5.74, 6) is 4.02. The second-order valence-electron chi connectivity index (χ2n) is 9.67. The van der Waals surface area contributed by atoms with E-state index in [4.69, 9.17) is 0 Å². The number of fused-ring (bicyclic) bond motifs is 5. The van der Waals surface area contributed by atoms with Gasteiger partial charge in [0.05, 0.1) is 0 Å². The molecule has 0 N–H and O–H groups in total. The van der Waals surface area contributed by atoms with E-state index >= 15 is 0 Å². The van der Waals surface area contributed by atoms with Gasteiger partial charge in [0.2, 0.25) is 0 Å². The van der Waals surface area contributed by atoms with Crippen molar-refractivity contribution in [2.24, 2.45) is 34.5 Å². The lowest BCUT2D eigenvalue weighted by atomic mass is 9.46. The van der Waals surface area contributed by atoms with Gasteiger partial charge in [0.25, 0.3) is 0 Å². The van der Waals surface area contributed by atoms with Crippen LogP contribution < -0.4 is 0 Å². The molecule has 0 aromatic rings. The average molecular weight is 302 g/mol. The summed E-state index contributed by atoms with van der Waals surface area (Å²) in [4.78, 5) is 2.54. The number of allylic oxidation sites excluding steroid dienone is 2. The van der Waals surface area contributed by atoms with Crippen molar-refractivity contribution in [1.82, 2.24) is 4.90 Å². The molecule has 1 nitrogen and oxygen atoms in total. The van der Waals surface area contributed by atoms with Gasteiger partial charge < -0.3 is 4.90 Å². The second kappa shape index (κ2) is 5.10. The first-order chi connectivity index (χ1) is 10.5. The van der Waals surface area contributed by atoms with Gasteiger partial charge in [0.15, 0.2) is 0 Å². The van der Waals surface area contributed by atoms with E-state index in [0.29, 0.717) is 10.8 Å². The minimum absolute atomic E-state index is 0.596. The molecule has 124 valence electrons. The third kappa shape index (κ3) is 1.93. The van der Waals surface area contributed by atoms with Crippen LogP contribution in [-0.4, -0.2) is 25.0 Å². The summed E-state index contributed by atoms with van der Waals surface area (Å²) >= 11 is 0. The SMILES string of the molecule is CN(C)[C@H]1CC[C@H]2[C@@H]3CC[C@H]4CC=CC[C@]4(C)[C@H]3CC[C@]12C. The molecule has 4 aliphatic carbocycles. The molecule has 0 amide bonds. The van der Waals surface area contributed by atoms with Crippen LogP contribution in [0.3, 0.4) is 0 Å². The van der Waals surface area contributed by atoms with Gasteiger partial charge in [-0.2, -0.15) is 0 Å². The third-order valence-electron chi connectivity index (χ3n) is 8.78. The zero-order valence-electron chi connectivity index (χ0n) is 15.1. The summed E-state index contributed by atoms with van der Waals surface area (Å²) in [5, 5.41) is 0. The fraction of sp³-hybridized carbons (Fsp3) is 0.905. The molecule has 7 atom stereocenters. The highest BCUT2D eigenvalue weighted by Gasteiger charge is 2.59. The number of hydrogen-bond donors (Lipinski definition) is 0. The number of nitrogens with zero attached hydrogens (tertiary/aromatic N) is 1. The molecule has 22 heavy (non-hydrogen) atoms. The average Bonchev–Trinajstić information content (AvgIpc) is 2.84. The van der Waals surface area contributed by atoms with Crippen molar-refractivity contribution in [3.63, 3.8) is 0 Å². The molecule has 0 radical (unpaired) electrons. The van der Waals surface area contributed by atoms with Crippen molar-refractivity contribution in [2.75, 3.05) is 14.1 Å². The summed E-state index contributed by atoms with van der Waals surface area (Å²) in [6.45, 7) is 5.29. The van der Waals surface area contributed by atoms with E-state index in [-0.39, 0.29) is 0 Å². The molecule has 0 heterocycles. The molecule has 3 saturated carbocycles. The standard InChI is InChI=1S/C21H35N/c1-20-13-6-5-7-15(20)8-9-16-17-10-11-19(22(3)4)21(17,2)14-12-18(16)20/h5-6,15-19H,7-14H2,1-4H3/t15-,16+,17+,18+,19+,20+,21+/m1/s1. The minimum atomic E-state index is 0.596. The van der Waals surface area contributed by atoms with Crippen LogP contribution in [0.2, 0.25) is 0 Å². The molecular weight excluding hydrogens is 266 g/mol. The molecule has 0 aliphatic heterocycles. The molecule has 0 aromatic carbocycles. The van der Waals surface area contributed by atoms with Crippen LogP contribution in [0, 0.1) is 34.5 Å². The van der Waals surface area contributed by atoms with E-state index in [9.17, 15) is 0 Å². The Morgan fingerprint density at radius 1 is 0.864 bits per heavy atom. The smallest absolute Gasteiger partial charge is 0.0146 e. The summed E-state index contributed by atoms with van der Waals surface area (Å²) in [6.07, 6.45) is 16.6. The molecule has 0 aromatic heterocycles. The van der Waals surface area contributed by atoms with E-state index in [1.165, 1.54) is 51.4 Å². The molecule has 0 saturated heterocycles. The molecule has 1 heteroatoms. The maximum atomic E-state index is 2.65. The highest BCUT2D eigenvalue weighted by atomic mass is 15.1. The lowest BCUT2D eigenvalue weighted by molar-refractivity contribution is -0.0980. The maximum Gasteiger partial charge on any atom is 0.0146 e. The molecule has 0 unspecified atom stereocenters. The maximum absolute atomic E-state index is 2.65. The second-order valence-corrected chi connectivity index (χ2v) is 9.67. The van der Waals surface area contributed by atoms with Gasteiger partial charge in [0.1, 0.15) is 0 Å². The summed E-state index contributed by atoms with van der Waals surface area (Å²) in [7, 11) is 4.63. The summed E-state index contributed by atoms with van der Waals surface area (Å²) in [6, 6.07) is 0.829. The lowest BCUT2D eigenvalue weighted by Gasteiger charge is -2.60. The Hall–Kier alpha value is -0.300. The van der Waals surface area contributed by atoms with Gasteiger partial charge in [0, 0.05) is 6.04 Å². The van der Waals surface area contributed by atoms with E-state index in [2.05, 4.69) is 45.0 Å². The summed E-state index contributed by atoms with van der Waals surface area (Å²) < 4.78 is 0. The Bertz CT molecular complexity index is 467. The van der Waals surface area contributed by atoms with Crippen molar-refractivity contribution in [1.29, 1.82) is 0 Å². The van der Waals surface area contributed by atoms with Gasteiger partial charge in [-0.25, -0.2) is 0 Å². The van der Waals surface area contributed by atoms with E-state index in [1.807, 2.05) is 0 Å². The number of rotatable bonds is 1. The van der Waals surface area contributed by atoms with Crippen LogP contribution in [-0.2, 0) is 0 Å². The van der Waals surface area contributed by atoms with Gasteiger partial charge in [-0.3, -0.25) is 0 Å². The Morgan fingerprint density at radius 3 is 2.41 bits per heavy atom. The first-order valence-corrected chi connectivity index (χ1v) is 9.78. The largest absolute Gasteiger partial charge is 0.306 e. The molecule has 4 rings (SSSR count). The van der Waals surface area contributed by atoms with Crippen LogP contribution in [0.5, 0.6) is 0 Å². The van der Waals surface area contributed by atoms with Crippen molar-refractivity contribution < 1.29 is 0 Å². The Morgan fingerprint density at radius 2 is 1.64 bits per heavy atom. The highest BCUT2D eigenvalue weighted by molar-refractivity contribution is 5.13. The molecular formula is C21H35N. The van der Waals surface area contributed by atoms with Crippen LogP contribution in [0.4, 0.5) is 0 Å². The summed E-state index contributed by atoms with van der Waals surface area (Å²) in [5.41, 5.74) is 1.22. The van der Waals surface area contributed by atoms with E-state index in [1.54, 1.807) is 0 Å². The first-order valence-electron chi connectivity index (χ1n) is 9.78. The lowest BCUT2D eigenvalue weighted by Crippen LogP contribution is -2.54. The predicted octanol–water partition coefficient (Wildman–Crippen LogP) is 5.13. The fourth-order valence-electron chi connectivity index (χ4n) is 7.66. The van der Waals surface area contributed by atoms with Crippen molar-refractivity contribution in [3.8, 4) is 0 Å². The number of hydrogen-bond acceptors (Lipinski definition) is 1. The van der Waals surface area contributed by atoms with Crippen LogP contribution in [0.1, 0.15) is 65.2 Å². The predicted molar refractivity (Wildman–Crippen MR) is 93.7 cm³/mol. The zero-order valence-corrected chi connectivity index (χ0v) is 15.1. The van der Waals surface area contributed by atoms with Gasteiger partial charge in [-0.15, -0.1) is 0 Å². The zero-order chi connectivity index (χ0) is 15.5. The van der Waals surface area contributed by atoms with Crippen LogP contribution in [0.15, 0.2) is 12.2 Å². The van der Waals surface area contributed by atoms with E-state index < -0.39 is 0 Å². The van der Waals surface area contributed by atoms with Crippen molar-refractivity contribution in [2.45, 2.75) is 71.3 Å². The molecule has 4 aliphatic rings. The fourth-order valence-corrected chi connectivity index (χ4v) is 7.66. The topological polar surface area (TPSA) is 3.24 Å². The van der Waals surface area contributed by atoms with Gasteiger partial charge in [-0.1, -0.05) is 26.0 Å². The normalized spacial score (nSPS) is 54.0. The third-order valence-corrected chi connectivity index (χ3v) is 8.78. The van der Waals surface area contributed by atoms with Gasteiger partial charge >= 0.3 is 0 Å². The first kappa shape index (κ1) is 15.2. The van der Waals surface area contributed by atoms with Gasteiger partial charge in [-0.05, 0) is 100.0 Å². The monoisotopic (exact) mass is 301 g/mol. The molecule has 0 bridgehead atoms.